The molecule has 28 heavy (non-hydrogen) atoms. The fourth-order valence-electron chi connectivity index (χ4n) is 3.04. The smallest absolute Gasteiger partial charge is 0.305 e. The lowest BCUT2D eigenvalue weighted by Crippen LogP contribution is -2.33. The molecular formula is C21H30O7. The molecule has 0 unspecified atom stereocenters. The normalized spacial score (nSPS) is 19.3. The average Bonchev–Trinajstić information content (AvgIpc) is 3.02. The van der Waals surface area contributed by atoms with E-state index in [0.717, 1.165) is 5.56 Å². The van der Waals surface area contributed by atoms with Crippen LogP contribution in [0, 0.1) is 5.92 Å². The number of carbonyl (C=O) groups is 2. The van der Waals surface area contributed by atoms with E-state index in [9.17, 15) is 9.59 Å². The first kappa shape index (κ1) is 22.5. The minimum absolute atomic E-state index is 0.0427. The number of carbonyl (C=O) groups excluding carboxylic acids is 2. The molecule has 1 aliphatic heterocycles. The monoisotopic (exact) mass is 394 g/mol. The summed E-state index contributed by atoms with van der Waals surface area (Å²) in [5.74, 6) is -1.55. The third-order valence-corrected chi connectivity index (χ3v) is 4.44. The van der Waals surface area contributed by atoms with Crippen LogP contribution >= 0.6 is 0 Å². The van der Waals surface area contributed by atoms with Crippen LogP contribution in [0.2, 0.25) is 0 Å². The van der Waals surface area contributed by atoms with E-state index in [0.29, 0.717) is 26.2 Å². The van der Waals surface area contributed by atoms with Crippen LogP contribution in [-0.4, -0.2) is 43.5 Å². The van der Waals surface area contributed by atoms with Crippen molar-refractivity contribution in [2.24, 2.45) is 5.92 Å². The summed E-state index contributed by atoms with van der Waals surface area (Å²) in [6, 6.07) is 9.62. The molecule has 0 aromatic heterocycles. The minimum Gasteiger partial charge on any atom is -0.466 e. The second kappa shape index (κ2) is 11.3. The van der Waals surface area contributed by atoms with E-state index in [1.54, 1.807) is 20.8 Å². The zero-order valence-electron chi connectivity index (χ0n) is 16.8. The molecule has 0 amide bonds. The fourth-order valence-corrected chi connectivity index (χ4v) is 3.04. The Morgan fingerprint density at radius 2 is 1.93 bits per heavy atom. The van der Waals surface area contributed by atoms with Crippen molar-refractivity contribution in [3.63, 3.8) is 0 Å². The van der Waals surface area contributed by atoms with Gasteiger partial charge in [-0.1, -0.05) is 30.3 Å². The third kappa shape index (κ3) is 7.67. The van der Waals surface area contributed by atoms with Crippen molar-refractivity contribution in [3.05, 3.63) is 35.9 Å². The van der Waals surface area contributed by atoms with Crippen molar-refractivity contribution in [1.82, 2.24) is 0 Å². The molecule has 7 heteroatoms. The third-order valence-electron chi connectivity index (χ3n) is 4.44. The lowest BCUT2D eigenvalue weighted by Gasteiger charge is -2.23. The Hall–Kier alpha value is -1.80. The maximum absolute atomic E-state index is 12.7. The predicted molar refractivity (Wildman–Crippen MR) is 101 cm³/mol. The first-order valence-electron chi connectivity index (χ1n) is 9.69. The molecule has 156 valence electrons. The zero-order valence-corrected chi connectivity index (χ0v) is 16.8. The van der Waals surface area contributed by atoms with Crippen LogP contribution in [0.1, 0.15) is 45.6 Å². The Kier molecular flexibility index (Phi) is 9.05. The second-order valence-electron chi connectivity index (χ2n) is 7.10. The summed E-state index contributed by atoms with van der Waals surface area (Å²) in [5, 5.41) is 0. The van der Waals surface area contributed by atoms with Gasteiger partial charge in [0.05, 0.1) is 25.9 Å². The van der Waals surface area contributed by atoms with Gasteiger partial charge in [0, 0.05) is 18.8 Å². The van der Waals surface area contributed by atoms with Gasteiger partial charge in [-0.2, -0.15) is 0 Å². The largest absolute Gasteiger partial charge is 0.466 e. The molecule has 1 aromatic carbocycles. The second-order valence-corrected chi connectivity index (χ2v) is 7.10. The molecule has 0 N–H and O–H groups in total. The predicted octanol–water partition coefficient (Wildman–Crippen LogP) is 3.21. The van der Waals surface area contributed by atoms with E-state index >= 15 is 0 Å². The van der Waals surface area contributed by atoms with E-state index in [2.05, 4.69) is 0 Å². The van der Waals surface area contributed by atoms with Crippen molar-refractivity contribution < 1.29 is 33.6 Å². The van der Waals surface area contributed by atoms with Gasteiger partial charge in [-0.05, 0) is 32.8 Å². The van der Waals surface area contributed by atoms with Crippen molar-refractivity contribution in [1.29, 1.82) is 0 Å². The molecule has 2 rings (SSSR count). The van der Waals surface area contributed by atoms with Gasteiger partial charge in [0.1, 0.15) is 12.4 Å². The van der Waals surface area contributed by atoms with Crippen LogP contribution in [-0.2, 0) is 40.2 Å². The Balaban J connectivity index is 1.79. The van der Waals surface area contributed by atoms with Gasteiger partial charge in [-0.15, -0.1) is 0 Å². The minimum atomic E-state index is -0.734. The summed E-state index contributed by atoms with van der Waals surface area (Å²) >= 11 is 0. The molecule has 1 fully saturated rings. The van der Waals surface area contributed by atoms with Crippen molar-refractivity contribution in [3.8, 4) is 0 Å². The highest BCUT2D eigenvalue weighted by Gasteiger charge is 2.40. The van der Waals surface area contributed by atoms with Gasteiger partial charge < -0.3 is 14.2 Å². The van der Waals surface area contributed by atoms with Crippen molar-refractivity contribution in [2.45, 2.75) is 58.5 Å². The van der Waals surface area contributed by atoms with Gasteiger partial charge >= 0.3 is 5.97 Å². The van der Waals surface area contributed by atoms with Gasteiger partial charge in [-0.3, -0.25) is 9.59 Å². The Morgan fingerprint density at radius 1 is 1.18 bits per heavy atom. The highest BCUT2D eigenvalue weighted by molar-refractivity contribution is 5.82. The van der Waals surface area contributed by atoms with Crippen molar-refractivity contribution in [2.75, 3.05) is 19.8 Å². The number of rotatable bonds is 12. The summed E-state index contributed by atoms with van der Waals surface area (Å²) in [6.07, 6.45) is 0.299. The van der Waals surface area contributed by atoms with Gasteiger partial charge in [0.25, 0.3) is 0 Å². The lowest BCUT2D eigenvalue weighted by molar-refractivity contribution is -0.303. The number of ketones is 1. The number of esters is 1. The summed E-state index contributed by atoms with van der Waals surface area (Å²) in [4.78, 5) is 34.7. The lowest BCUT2D eigenvalue weighted by atomic mass is 9.91. The molecule has 1 heterocycles. The molecule has 7 nitrogen and oxygen atoms in total. The summed E-state index contributed by atoms with van der Waals surface area (Å²) in [7, 11) is 0. The Bertz CT molecular complexity index is 614. The van der Waals surface area contributed by atoms with Crippen LogP contribution in [0.25, 0.3) is 0 Å². The standard InChI is InChI=1S/C21H30O7/c1-4-24-20(23)11-10-17(19-15-25-21(2,3)28-19)18(22)12-13-26-27-14-16-8-6-5-7-9-16/h5-9,17,19H,4,10-15H2,1-3H3/t17-,19-/m1/s1. The number of Topliss-reactive ketones (excluding diaryl/α,β-unsaturated/α-hetero) is 1. The van der Waals surface area contributed by atoms with Gasteiger partial charge in [0.15, 0.2) is 5.79 Å². The molecule has 0 bridgehead atoms. The van der Waals surface area contributed by atoms with Crippen LogP contribution in [0.3, 0.4) is 0 Å². The summed E-state index contributed by atoms with van der Waals surface area (Å²) in [5.41, 5.74) is 0.986. The number of hydrogen-bond acceptors (Lipinski definition) is 7. The molecule has 2 atom stereocenters. The van der Waals surface area contributed by atoms with Crippen molar-refractivity contribution >= 4 is 11.8 Å². The van der Waals surface area contributed by atoms with E-state index in [4.69, 9.17) is 24.0 Å². The maximum Gasteiger partial charge on any atom is 0.305 e. The highest BCUT2D eigenvalue weighted by Crippen LogP contribution is 2.30. The molecule has 1 aliphatic rings. The Labute approximate surface area is 166 Å². The number of benzene rings is 1. The number of ether oxygens (including phenoxy) is 3. The number of hydrogen-bond donors (Lipinski definition) is 0. The topological polar surface area (TPSA) is 80.3 Å². The van der Waals surface area contributed by atoms with Crippen LogP contribution in [0.4, 0.5) is 0 Å². The van der Waals surface area contributed by atoms with Gasteiger partial charge in [-0.25, -0.2) is 9.78 Å². The molecule has 0 radical (unpaired) electrons. The Morgan fingerprint density at radius 3 is 2.57 bits per heavy atom. The maximum atomic E-state index is 12.7. The van der Waals surface area contributed by atoms with Crippen LogP contribution < -0.4 is 0 Å². The fraction of sp³-hybridized carbons (Fsp3) is 0.619. The highest BCUT2D eigenvalue weighted by atomic mass is 17.2. The summed E-state index contributed by atoms with van der Waals surface area (Å²) in [6.45, 7) is 6.45. The van der Waals surface area contributed by atoms with Gasteiger partial charge in [0.2, 0.25) is 0 Å². The molecule has 1 aromatic rings. The zero-order chi connectivity index (χ0) is 20.4. The molecule has 0 aliphatic carbocycles. The quantitative estimate of drug-likeness (QED) is 0.233. The van der Waals surface area contributed by atoms with Crippen LogP contribution in [0.5, 0.6) is 0 Å². The molecule has 1 saturated heterocycles. The first-order chi connectivity index (χ1) is 13.4. The average molecular weight is 394 g/mol. The van der Waals surface area contributed by atoms with E-state index in [1.165, 1.54) is 0 Å². The summed E-state index contributed by atoms with van der Waals surface area (Å²) < 4.78 is 16.4. The molecular weight excluding hydrogens is 364 g/mol. The van der Waals surface area contributed by atoms with Crippen LogP contribution in [0.15, 0.2) is 30.3 Å². The van der Waals surface area contributed by atoms with E-state index in [-0.39, 0.29) is 37.3 Å². The van der Waals surface area contributed by atoms with E-state index < -0.39 is 11.7 Å². The molecule has 0 spiro atoms. The van der Waals surface area contributed by atoms with E-state index in [1.807, 2.05) is 30.3 Å². The molecule has 0 saturated carbocycles. The first-order valence-corrected chi connectivity index (χ1v) is 9.69. The SMILES string of the molecule is CCOC(=O)CC[C@H](C(=O)CCOOCc1ccccc1)[C@H]1COC(C)(C)O1.